The monoisotopic (exact) mass is 366 g/mol. The number of rotatable bonds is 3. The summed E-state index contributed by atoms with van der Waals surface area (Å²) in [4.78, 5) is 33.6. The summed E-state index contributed by atoms with van der Waals surface area (Å²) in [5, 5.41) is 9.61. The van der Waals surface area contributed by atoms with E-state index >= 15 is 0 Å². The lowest BCUT2D eigenvalue weighted by atomic mass is 9.81. The second kappa shape index (κ2) is 6.95. The van der Waals surface area contributed by atoms with Crippen LogP contribution in [0, 0.1) is 16.7 Å². The lowest BCUT2D eigenvalue weighted by Crippen LogP contribution is -2.55. The molecule has 1 spiro atoms. The number of pyridine rings is 1. The van der Waals surface area contributed by atoms with Crippen molar-refractivity contribution in [1.82, 2.24) is 14.8 Å². The molecule has 0 N–H and O–H groups in total. The minimum Gasteiger partial charge on any atom is -0.341 e. The normalized spacial score (nSPS) is 23.6. The Morgan fingerprint density at radius 2 is 1.93 bits per heavy atom. The minimum absolute atomic E-state index is 0.0143. The van der Waals surface area contributed by atoms with E-state index in [-0.39, 0.29) is 17.4 Å². The van der Waals surface area contributed by atoms with E-state index in [4.69, 9.17) is 0 Å². The molecule has 0 radical (unpaired) electrons. The van der Waals surface area contributed by atoms with Crippen molar-refractivity contribution in [3.63, 3.8) is 0 Å². The van der Waals surface area contributed by atoms with Crippen LogP contribution >= 0.6 is 0 Å². The second-order valence-corrected chi connectivity index (χ2v) is 8.26. The summed E-state index contributed by atoms with van der Waals surface area (Å²) in [7, 11) is 0. The number of nitriles is 1. The summed E-state index contributed by atoms with van der Waals surface area (Å²) >= 11 is 0. The molecule has 0 aromatic carbocycles. The van der Waals surface area contributed by atoms with E-state index < -0.39 is 5.41 Å². The van der Waals surface area contributed by atoms with Crippen LogP contribution in [0.1, 0.15) is 56.9 Å². The Kier molecular flexibility index (Phi) is 4.63. The Bertz CT molecular complexity index is 756. The molecular weight excluding hydrogens is 340 g/mol. The molecule has 3 aliphatic rings. The van der Waals surface area contributed by atoms with Gasteiger partial charge in [-0.25, -0.2) is 0 Å². The first-order valence-corrected chi connectivity index (χ1v) is 9.99. The molecule has 1 aliphatic carbocycles. The predicted molar refractivity (Wildman–Crippen MR) is 99.1 cm³/mol. The van der Waals surface area contributed by atoms with Crippen LogP contribution in [0.3, 0.4) is 0 Å². The molecule has 6 heteroatoms. The van der Waals surface area contributed by atoms with Gasteiger partial charge in [-0.3, -0.25) is 14.6 Å². The second-order valence-electron chi connectivity index (χ2n) is 8.26. The van der Waals surface area contributed by atoms with Crippen LogP contribution in [0.4, 0.5) is 0 Å². The lowest BCUT2D eigenvalue weighted by Gasteiger charge is -2.46. The minimum atomic E-state index is -0.800. The van der Waals surface area contributed by atoms with Crippen molar-refractivity contribution >= 4 is 11.8 Å². The number of hydrogen-bond acceptors (Lipinski definition) is 4. The molecule has 1 saturated carbocycles. The van der Waals surface area contributed by atoms with Gasteiger partial charge in [-0.1, -0.05) is 18.9 Å². The summed E-state index contributed by atoms with van der Waals surface area (Å²) in [6, 6.07) is 6.22. The largest absolute Gasteiger partial charge is 0.341 e. The third-order valence-corrected chi connectivity index (χ3v) is 6.80. The van der Waals surface area contributed by atoms with Gasteiger partial charge in [0.2, 0.25) is 11.8 Å². The maximum atomic E-state index is 13.0. The zero-order valence-electron chi connectivity index (χ0n) is 15.7. The SMILES string of the molecule is N#CC1(C(=O)N2CCC3(CCC(=O)N3Cc3cccnc3)CC2)CCCC1. The highest BCUT2D eigenvalue weighted by Gasteiger charge is 2.50. The number of aromatic nitrogens is 1. The van der Waals surface area contributed by atoms with Crippen LogP contribution in [-0.4, -0.2) is 45.2 Å². The van der Waals surface area contributed by atoms with E-state index in [1.165, 1.54) is 0 Å². The summed E-state index contributed by atoms with van der Waals surface area (Å²) in [6.07, 6.45) is 9.89. The summed E-state index contributed by atoms with van der Waals surface area (Å²) < 4.78 is 0. The molecule has 2 saturated heterocycles. The fourth-order valence-electron chi connectivity index (χ4n) is 5.10. The molecule has 2 amide bonds. The molecule has 4 rings (SSSR count). The average molecular weight is 366 g/mol. The molecule has 6 nitrogen and oxygen atoms in total. The molecule has 0 atom stereocenters. The number of hydrogen-bond donors (Lipinski definition) is 0. The molecule has 0 unspecified atom stereocenters. The first-order chi connectivity index (χ1) is 13.1. The van der Waals surface area contributed by atoms with Crippen molar-refractivity contribution in [2.75, 3.05) is 13.1 Å². The standard InChI is InChI=1S/C21H26N4O2/c22-16-20(6-1-2-7-20)19(27)24-12-9-21(10-13-24)8-5-18(26)25(21)15-17-4-3-11-23-14-17/h3-4,11,14H,1-2,5-10,12-13,15H2. The number of nitrogens with zero attached hydrogens (tertiary/aromatic N) is 4. The van der Waals surface area contributed by atoms with Crippen molar-refractivity contribution < 1.29 is 9.59 Å². The van der Waals surface area contributed by atoms with Crippen molar-refractivity contribution in [3.05, 3.63) is 30.1 Å². The third-order valence-electron chi connectivity index (χ3n) is 6.80. The highest BCUT2D eigenvalue weighted by molar-refractivity contribution is 5.86. The average Bonchev–Trinajstić information content (AvgIpc) is 3.31. The maximum absolute atomic E-state index is 13.0. The van der Waals surface area contributed by atoms with Crippen molar-refractivity contribution in [2.45, 2.75) is 63.5 Å². The molecule has 0 bridgehead atoms. The molecule has 142 valence electrons. The third kappa shape index (κ3) is 3.09. The molecule has 3 heterocycles. The molecule has 1 aromatic heterocycles. The van der Waals surface area contributed by atoms with Gasteiger partial charge in [0.05, 0.1) is 6.07 Å². The van der Waals surface area contributed by atoms with E-state index in [2.05, 4.69) is 11.1 Å². The van der Waals surface area contributed by atoms with Gasteiger partial charge < -0.3 is 9.80 Å². The van der Waals surface area contributed by atoms with Gasteiger partial charge in [0.25, 0.3) is 0 Å². The van der Waals surface area contributed by atoms with Gasteiger partial charge in [-0.15, -0.1) is 0 Å². The van der Waals surface area contributed by atoms with Crippen LogP contribution in [0.25, 0.3) is 0 Å². The predicted octanol–water partition coefficient (Wildman–Crippen LogP) is 2.65. The number of piperidine rings is 1. The summed E-state index contributed by atoms with van der Waals surface area (Å²) in [5.74, 6) is 0.211. The Morgan fingerprint density at radius 1 is 1.19 bits per heavy atom. The summed E-state index contributed by atoms with van der Waals surface area (Å²) in [6.45, 7) is 1.86. The van der Waals surface area contributed by atoms with Gasteiger partial charge in [-0.2, -0.15) is 5.26 Å². The van der Waals surface area contributed by atoms with Gasteiger partial charge in [0.15, 0.2) is 0 Å². The topological polar surface area (TPSA) is 77.3 Å². The Morgan fingerprint density at radius 3 is 2.56 bits per heavy atom. The van der Waals surface area contributed by atoms with E-state index in [1.54, 1.807) is 6.20 Å². The quantitative estimate of drug-likeness (QED) is 0.824. The van der Waals surface area contributed by atoms with Gasteiger partial charge in [-0.05, 0) is 43.7 Å². The smallest absolute Gasteiger partial charge is 0.243 e. The summed E-state index contributed by atoms with van der Waals surface area (Å²) in [5.41, 5.74) is 0.0879. The fourth-order valence-corrected chi connectivity index (χ4v) is 5.10. The van der Waals surface area contributed by atoms with Crippen LogP contribution in [0.15, 0.2) is 24.5 Å². The van der Waals surface area contributed by atoms with Crippen molar-refractivity contribution in [3.8, 4) is 6.07 Å². The van der Waals surface area contributed by atoms with E-state index in [9.17, 15) is 14.9 Å². The van der Waals surface area contributed by atoms with Crippen molar-refractivity contribution in [1.29, 1.82) is 5.26 Å². The Balaban J connectivity index is 1.46. The highest BCUT2D eigenvalue weighted by atomic mass is 16.2. The van der Waals surface area contributed by atoms with E-state index in [0.717, 1.165) is 37.7 Å². The van der Waals surface area contributed by atoms with E-state index in [1.807, 2.05) is 28.1 Å². The molecular formula is C21H26N4O2. The highest BCUT2D eigenvalue weighted by Crippen LogP contribution is 2.43. The van der Waals surface area contributed by atoms with Crippen molar-refractivity contribution in [2.24, 2.45) is 5.41 Å². The number of carbonyl (C=O) groups excluding carboxylic acids is 2. The van der Waals surface area contributed by atoms with Gasteiger partial charge in [0, 0.05) is 44.0 Å². The fraction of sp³-hybridized carbons (Fsp3) is 0.619. The number of amides is 2. The van der Waals surface area contributed by atoms with Crippen LogP contribution in [0.2, 0.25) is 0 Å². The van der Waals surface area contributed by atoms with Crippen LogP contribution in [-0.2, 0) is 16.1 Å². The first-order valence-electron chi connectivity index (χ1n) is 9.99. The molecule has 3 fully saturated rings. The number of carbonyl (C=O) groups is 2. The molecule has 27 heavy (non-hydrogen) atoms. The first kappa shape index (κ1) is 18.0. The zero-order chi connectivity index (χ0) is 18.9. The molecule has 2 aliphatic heterocycles. The lowest BCUT2D eigenvalue weighted by molar-refractivity contribution is -0.142. The Hall–Kier alpha value is -2.42. The van der Waals surface area contributed by atoms with Crippen LogP contribution < -0.4 is 0 Å². The van der Waals surface area contributed by atoms with Gasteiger partial charge in [0.1, 0.15) is 5.41 Å². The van der Waals surface area contributed by atoms with Crippen LogP contribution in [0.5, 0.6) is 0 Å². The number of likely N-dealkylation sites (tertiary alicyclic amines) is 2. The van der Waals surface area contributed by atoms with Gasteiger partial charge >= 0.3 is 0 Å². The maximum Gasteiger partial charge on any atom is 0.243 e. The Labute approximate surface area is 160 Å². The zero-order valence-corrected chi connectivity index (χ0v) is 15.7. The molecule has 1 aromatic rings. The van der Waals surface area contributed by atoms with E-state index in [0.29, 0.717) is 38.9 Å².